The Hall–Kier alpha value is -0.940. The monoisotopic (exact) mass is 550 g/mol. The lowest BCUT2D eigenvalue weighted by atomic mass is 9.69. The Morgan fingerprint density at radius 1 is 1.03 bits per heavy atom. The number of hydrogen-bond acceptors (Lipinski definition) is 5. The summed E-state index contributed by atoms with van der Waals surface area (Å²) in [5.41, 5.74) is 5.59. The number of carboxylic acid groups (broad SMARTS) is 1. The lowest BCUT2D eigenvalue weighted by molar-refractivity contribution is -0.139. The van der Waals surface area contributed by atoms with E-state index in [-0.39, 0.29) is 47.5 Å². The number of unbranched alkanes of at least 4 members (excludes halogenated alkanes) is 1. The van der Waals surface area contributed by atoms with Gasteiger partial charge in [0.15, 0.2) is 0 Å². The predicted molar refractivity (Wildman–Crippen MR) is 143 cm³/mol. The van der Waals surface area contributed by atoms with Crippen molar-refractivity contribution in [3.8, 4) is 0 Å². The number of amides is 1. The van der Waals surface area contributed by atoms with E-state index in [0.29, 0.717) is 31.7 Å². The minimum absolute atomic E-state index is 0. The number of rotatable bonds is 13. The van der Waals surface area contributed by atoms with E-state index in [4.69, 9.17) is 5.73 Å². The molecule has 6 N–H and O–H groups in total. The Morgan fingerprint density at radius 3 is 2.19 bits per heavy atom. The standard InChI is InChI=1S/C25H46N4O5S.ClH/c1-24(2)18-12-13-25(24,3)21(16-18)27-22(30)20(15-17-9-5-4-6-10-17)29-35(33,34)28-19(23(31)32)11-7-8-14-26;/h17-21,28-29H,4-16,26H2,1-3H3,(H,27,30)(H,31,32);1H/t18-,19+,20+,21+,25+;/m1./s1. The minimum Gasteiger partial charge on any atom is -0.480 e. The molecule has 210 valence electrons. The smallest absolute Gasteiger partial charge is 0.321 e. The third-order valence-electron chi connectivity index (χ3n) is 9.56. The average Bonchev–Trinajstić information content (AvgIpc) is 3.12. The summed E-state index contributed by atoms with van der Waals surface area (Å²) in [5.74, 6) is -0.713. The zero-order valence-corrected chi connectivity index (χ0v) is 23.7. The molecule has 1 amide bonds. The molecule has 0 aromatic carbocycles. The van der Waals surface area contributed by atoms with Gasteiger partial charge in [0.1, 0.15) is 12.1 Å². The van der Waals surface area contributed by atoms with Crippen molar-refractivity contribution in [3.63, 3.8) is 0 Å². The summed E-state index contributed by atoms with van der Waals surface area (Å²) >= 11 is 0. The number of carbonyl (C=O) groups is 2. The first-order valence-corrected chi connectivity index (χ1v) is 14.9. The molecule has 9 nitrogen and oxygen atoms in total. The summed E-state index contributed by atoms with van der Waals surface area (Å²) in [4.78, 5) is 25.2. The van der Waals surface area contributed by atoms with Crippen LogP contribution < -0.4 is 20.5 Å². The van der Waals surface area contributed by atoms with Gasteiger partial charge in [-0.3, -0.25) is 9.59 Å². The molecule has 0 aromatic heterocycles. The van der Waals surface area contributed by atoms with Gasteiger partial charge in [0.25, 0.3) is 10.2 Å². The van der Waals surface area contributed by atoms with Gasteiger partial charge >= 0.3 is 5.97 Å². The summed E-state index contributed by atoms with van der Waals surface area (Å²) in [7, 11) is -4.21. The molecule has 3 aliphatic rings. The number of carboxylic acids is 1. The number of fused-ring (bicyclic) bond motifs is 2. The van der Waals surface area contributed by atoms with Gasteiger partial charge in [0.05, 0.1) is 0 Å². The van der Waals surface area contributed by atoms with E-state index in [1.165, 1.54) is 12.8 Å². The predicted octanol–water partition coefficient (Wildman–Crippen LogP) is 3.08. The number of hydrogen-bond donors (Lipinski definition) is 5. The topological polar surface area (TPSA) is 151 Å². The highest BCUT2D eigenvalue weighted by Crippen LogP contribution is 2.65. The third kappa shape index (κ3) is 7.12. The fourth-order valence-electron chi connectivity index (χ4n) is 6.79. The molecule has 0 aromatic rings. The normalized spacial score (nSPS) is 29.3. The molecular formula is C25H47ClN4O5S. The van der Waals surface area contributed by atoms with Crippen molar-refractivity contribution < 1.29 is 23.1 Å². The van der Waals surface area contributed by atoms with E-state index in [1.807, 2.05) is 0 Å². The highest BCUT2D eigenvalue weighted by Gasteiger charge is 2.61. The highest BCUT2D eigenvalue weighted by atomic mass is 35.5. The molecule has 0 unspecified atom stereocenters. The molecule has 11 heteroatoms. The first-order chi connectivity index (χ1) is 16.4. The second-order valence-corrected chi connectivity index (χ2v) is 13.4. The van der Waals surface area contributed by atoms with Crippen LogP contribution in [-0.4, -0.2) is 50.1 Å². The van der Waals surface area contributed by atoms with Crippen LogP contribution in [0.4, 0.5) is 0 Å². The lowest BCUT2D eigenvalue weighted by Crippen LogP contribution is -2.57. The third-order valence-corrected chi connectivity index (χ3v) is 10.8. The second kappa shape index (κ2) is 12.7. The molecule has 2 bridgehead atoms. The van der Waals surface area contributed by atoms with Crippen LogP contribution in [0.25, 0.3) is 0 Å². The van der Waals surface area contributed by atoms with Gasteiger partial charge in [-0.25, -0.2) is 0 Å². The average molecular weight is 551 g/mol. The maximum absolute atomic E-state index is 13.5. The molecule has 0 radical (unpaired) electrons. The molecule has 3 fully saturated rings. The van der Waals surface area contributed by atoms with E-state index < -0.39 is 28.3 Å². The number of halogens is 1. The van der Waals surface area contributed by atoms with Gasteiger partial charge in [0.2, 0.25) is 5.91 Å². The number of aliphatic carboxylic acids is 1. The van der Waals surface area contributed by atoms with Gasteiger partial charge in [-0.05, 0) is 67.7 Å². The van der Waals surface area contributed by atoms with Crippen LogP contribution in [0, 0.1) is 22.7 Å². The molecular weight excluding hydrogens is 504 g/mol. The molecule has 3 rings (SSSR count). The van der Waals surface area contributed by atoms with Crippen molar-refractivity contribution in [3.05, 3.63) is 0 Å². The quantitative estimate of drug-likeness (QED) is 0.222. The van der Waals surface area contributed by atoms with Crippen LogP contribution >= 0.6 is 12.4 Å². The SMILES string of the molecule is CC1(C)[C@@H]2CC[C@@]1(C)[C@@H](NC(=O)[C@H](CC1CCCCC1)NS(=O)(=O)N[C@@H](CCCCN)C(=O)O)C2.Cl. The van der Waals surface area contributed by atoms with Crippen molar-refractivity contribution in [2.45, 2.75) is 116 Å². The molecule has 3 aliphatic carbocycles. The molecule has 0 aliphatic heterocycles. The maximum atomic E-state index is 13.5. The lowest BCUT2D eigenvalue weighted by Gasteiger charge is -2.40. The zero-order valence-electron chi connectivity index (χ0n) is 22.1. The van der Waals surface area contributed by atoms with Gasteiger partial charge < -0.3 is 16.2 Å². The maximum Gasteiger partial charge on any atom is 0.321 e. The summed E-state index contributed by atoms with van der Waals surface area (Å²) in [6.07, 6.45) is 10.1. The van der Waals surface area contributed by atoms with Gasteiger partial charge in [0, 0.05) is 6.04 Å². The summed E-state index contributed by atoms with van der Waals surface area (Å²) in [6.45, 7) is 7.21. The van der Waals surface area contributed by atoms with Crippen LogP contribution in [0.1, 0.15) is 97.8 Å². The molecule has 0 saturated heterocycles. The van der Waals surface area contributed by atoms with Crippen molar-refractivity contribution in [1.29, 1.82) is 0 Å². The van der Waals surface area contributed by atoms with Crippen molar-refractivity contribution in [1.82, 2.24) is 14.8 Å². The summed E-state index contributed by atoms with van der Waals surface area (Å²) in [5, 5.41) is 12.7. The van der Waals surface area contributed by atoms with Gasteiger partial charge in [-0.15, -0.1) is 12.4 Å². The molecule has 36 heavy (non-hydrogen) atoms. The largest absolute Gasteiger partial charge is 0.480 e. The summed E-state index contributed by atoms with van der Waals surface area (Å²) < 4.78 is 30.7. The Kier molecular flexibility index (Phi) is 11.1. The Labute approximate surface area is 223 Å². The van der Waals surface area contributed by atoms with Crippen LogP contribution in [0.5, 0.6) is 0 Å². The molecule has 0 heterocycles. The fourth-order valence-corrected chi connectivity index (χ4v) is 8.03. The fraction of sp³-hybridized carbons (Fsp3) is 0.920. The van der Waals surface area contributed by atoms with Crippen molar-refractivity contribution in [2.24, 2.45) is 28.4 Å². The van der Waals surface area contributed by atoms with E-state index in [9.17, 15) is 23.1 Å². The second-order valence-electron chi connectivity index (χ2n) is 11.9. The van der Waals surface area contributed by atoms with Crippen LogP contribution in [-0.2, 0) is 19.8 Å². The Balaban J connectivity index is 0.00000456. The number of carbonyl (C=O) groups excluding carboxylic acids is 1. The van der Waals surface area contributed by atoms with Crippen LogP contribution in [0.15, 0.2) is 0 Å². The van der Waals surface area contributed by atoms with Gasteiger partial charge in [-0.1, -0.05) is 59.3 Å². The van der Waals surface area contributed by atoms with Crippen LogP contribution in [0.3, 0.4) is 0 Å². The molecule has 0 spiro atoms. The van der Waals surface area contributed by atoms with Crippen LogP contribution in [0.2, 0.25) is 0 Å². The van der Waals surface area contributed by atoms with Gasteiger partial charge in [-0.2, -0.15) is 17.9 Å². The summed E-state index contributed by atoms with van der Waals surface area (Å²) in [6, 6.07) is -2.18. The minimum atomic E-state index is -4.21. The van der Waals surface area contributed by atoms with E-state index in [2.05, 4.69) is 35.5 Å². The number of nitrogens with one attached hydrogen (secondary N) is 3. The van der Waals surface area contributed by atoms with Crippen molar-refractivity contribution in [2.75, 3.05) is 6.54 Å². The molecule has 5 atom stereocenters. The van der Waals surface area contributed by atoms with Crippen molar-refractivity contribution >= 4 is 34.5 Å². The Bertz CT molecular complexity index is 865. The number of nitrogens with two attached hydrogens (primary N) is 1. The first-order valence-electron chi connectivity index (χ1n) is 13.4. The highest BCUT2D eigenvalue weighted by molar-refractivity contribution is 7.87. The molecule has 3 saturated carbocycles. The van der Waals surface area contributed by atoms with E-state index >= 15 is 0 Å². The van der Waals surface area contributed by atoms with E-state index in [1.54, 1.807) is 0 Å². The van der Waals surface area contributed by atoms with E-state index in [0.717, 1.165) is 38.5 Å². The zero-order chi connectivity index (χ0) is 25.9. The Morgan fingerprint density at radius 2 is 1.67 bits per heavy atom. The first kappa shape index (κ1) is 31.3.